The molecule has 0 spiro atoms. The Morgan fingerprint density at radius 1 is 1.15 bits per heavy atom. The molecule has 2 heterocycles. The number of ether oxygens (including phenoxy) is 1. The van der Waals surface area contributed by atoms with Crippen LogP contribution in [0.25, 0.3) is 16.6 Å². The van der Waals surface area contributed by atoms with Gasteiger partial charge in [-0.05, 0) is 56.5 Å². The molecule has 34 heavy (non-hydrogen) atoms. The lowest BCUT2D eigenvalue weighted by molar-refractivity contribution is -0.151. The first kappa shape index (κ1) is 24.3. The van der Waals surface area contributed by atoms with Crippen LogP contribution in [0.1, 0.15) is 25.3 Å². The van der Waals surface area contributed by atoms with Gasteiger partial charge in [0, 0.05) is 18.1 Å². The van der Waals surface area contributed by atoms with Crippen LogP contribution >= 0.6 is 23.4 Å². The monoisotopic (exact) mass is 499 g/mol. The van der Waals surface area contributed by atoms with Gasteiger partial charge in [0.25, 0.3) is 5.56 Å². The highest BCUT2D eigenvalue weighted by molar-refractivity contribution is 7.99. The summed E-state index contributed by atoms with van der Waals surface area (Å²) in [5, 5.41) is 1.48. The molecular formula is C25H26ClN3O4S. The minimum Gasteiger partial charge on any atom is -0.466 e. The number of hydrogen-bond acceptors (Lipinski definition) is 6. The molecule has 9 heteroatoms. The van der Waals surface area contributed by atoms with Crippen LogP contribution in [-0.2, 0) is 14.3 Å². The maximum Gasteiger partial charge on any atom is 0.309 e. The summed E-state index contributed by atoms with van der Waals surface area (Å²) in [4.78, 5) is 44.8. The zero-order chi connectivity index (χ0) is 24.2. The van der Waals surface area contributed by atoms with E-state index in [2.05, 4.69) is 0 Å². The van der Waals surface area contributed by atoms with Crippen LogP contribution < -0.4 is 5.56 Å². The Morgan fingerprint density at radius 2 is 1.88 bits per heavy atom. The van der Waals surface area contributed by atoms with Crippen molar-refractivity contribution in [3.63, 3.8) is 0 Å². The van der Waals surface area contributed by atoms with Gasteiger partial charge < -0.3 is 9.64 Å². The summed E-state index contributed by atoms with van der Waals surface area (Å²) in [6.07, 6.45) is 1.19. The first-order valence-corrected chi connectivity index (χ1v) is 12.6. The summed E-state index contributed by atoms with van der Waals surface area (Å²) >= 11 is 7.56. The lowest BCUT2D eigenvalue weighted by Crippen LogP contribution is -2.41. The van der Waals surface area contributed by atoms with Gasteiger partial charge in [-0.2, -0.15) is 0 Å². The second kappa shape index (κ2) is 10.6. The summed E-state index contributed by atoms with van der Waals surface area (Å²) < 4.78 is 6.64. The van der Waals surface area contributed by atoms with Crippen LogP contribution in [0.2, 0.25) is 5.02 Å². The summed E-state index contributed by atoms with van der Waals surface area (Å²) in [6, 6.07) is 12.6. The minimum absolute atomic E-state index is 0.0518. The van der Waals surface area contributed by atoms with Crippen LogP contribution in [0, 0.1) is 12.8 Å². The number of rotatable bonds is 6. The quantitative estimate of drug-likeness (QED) is 0.286. The third kappa shape index (κ3) is 4.98. The van der Waals surface area contributed by atoms with Gasteiger partial charge in [-0.25, -0.2) is 4.98 Å². The van der Waals surface area contributed by atoms with Crippen molar-refractivity contribution in [3.05, 3.63) is 63.4 Å². The molecule has 1 saturated heterocycles. The highest BCUT2D eigenvalue weighted by atomic mass is 35.5. The maximum absolute atomic E-state index is 13.4. The van der Waals surface area contributed by atoms with Crippen LogP contribution in [-0.4, -0.2) is 51.8 Å². The Balaban J connectivity index is 1.57. The molecule has 7 nitrogen and oxygen atoms in total. The van der Waals surface area contributed by atoms with E-state index in [1.54, 1.807) is 42.2 Å². The number of thioether (sulfide) groups is 1. The van der Waals surface area contributed by atoms with Crippen molar-refractivity contribution in [2.45, 2.75) is 31.8 Å². The van der Waals surface area contributed by atoms with Crippen molar-refractivity contribution in [3.8, 4) is 5.69 Å². The van der Waals surface area contributed by atoms with Gasteiger partial charge in [0.05, 0.1) is 34.9 Å². The number of esters is 1. The summed E-state index contributed by atoms with van der Waals surface area (Å²) in [7, 11) is 0. The molecule has 1 fully saturated rings. The molecule has 0 bridgehead atoms. The van der Waals surface area contributed by atoms with Crippen LogP contribution in [0.4, 0.5) is 0 Å². The van der Waals surface area contributed by atoms with Crippen molar-refractivity contribution in [1.82, 2.24) is 14.5 Å². The molecule has 3 aromatic rings. The van der Waals surface area contributed by atoms with Crippen LogP contribution in [0.5, 0.6) is 0 Å². The van der Waals surface area contributed by atoms with Gasteiger partial charge in [-0.3, -0.25) is 19.0 Å². The zero-order valence-electron chi connectivity index (χ0n) is 19.1. The standard InChI is InChI=1S/C25H26ClN3O4S/c1-3-33-24(32)17-11-13-28(14-12-17)22(30)15-34-25-27-20-9-5-4-7-18(20)23(31)29(25)21-10-6-8-19(26)16(21)2/h4-10,17H,3,11-15H2,1-2H3. The molecule has 1 aliphatic heterocycles. The fraction of sp³-hybridized carbons (Fsp3) is 0.360. The van der Waals surface area contributed by atoms with Gasteiger partial charge in [-0.1, -0.05) is 41.6 Å². The Hall–Kier alpha value is -2.84. The van der Waals surface area contributed by atoms with E-state index in [4.69, 9.17) is 21.3 Å². The molecule has 0 aliphatic carbocycles. The van der Waals surface area contributed by atoms with Crippen molar-refractivity contribution in [1.29, 1.82) is 0 Å². The minimum atomic E-state index is -0.207. The van der Waals surface area contributed by atoms with Gasteiger partial charge in [-0.15, -0.1) is 0 Å². The number of carbonyl (C=O) groups excluding carboxylic acids is 2. The number of benzene rings is 2. The largest absolute Gasteiger partial charge is 0.466 e. The lowest BCUT2D eigenvalue weighted by atomic mass is 9.97. The summed E-state index contributed by atoms with van der Waals surface area (Å²) in [5.41, 5.74) is 1.77. The number of carbonyl (C=O) groups is 2. The summed E-state index contributed by atoms with van der Waals surface area (Å²) in [6.45, 7) is 5.02. The average Bonchev–Trinajstić information content (AvgIpc) is 2.85. The van der Waals surface area contributed by atoms with E-state index in [0.717, 1.165) is 5.56 Å². The second-order valence-electron chi connectivity index (χ2n) is 8.13. The number of aromatic nitrogens is 2. The molecule has 0 atom stereocenters. The molecule has 0 radical (unpaired) electrons. The first-order chi connectivity index (χ1) is 16.4. The Labute approximate surface area is 207 Å². The van der Waals surface area contributed by atoms with Gasteiger partial charge in [0.2, 0.25) is 5.91 Å². The number of piperidine rings is 1. The maximum atomic E-state index is 13.4. The van der Waals surface area contributed by atoms with E-state index in [1.165, 1.54) is 16.3 Å². The van der Waals surface area contributed by atoms with Crippen molar-refractivity contribution in [2.75, 3.05) is 25.4 Å². The third-order valence-corrected chi connectivity index (χ3v) is 7.35. The molecule has 0 N–H and O–H groups in total. The molecule has 1 amide bonds. The second-order valence-corrected chi connectivity index (χ2v) is 9.48. The fourth-order valence-corrected chi connectivity index (χ4v) is 5.18. The van der Waals surface area contributed by atoms with Gasteiger partial charge >= 0.3 is 5.97 Å². The van der Waals surface area contributed by atoms with Crippen LogP contribution in [0.3, 0.4) is 0 Å². The first-order valence-electron chi connectivity index (χ1n) is 11.2. The van der Waals surface area contributed by atoms with E-state index in [9.17, 15) is 14.4 Å². The molecule has 1 aliphatic rings. The molecular weight excluding hydrogens is 474 g/mol. The molecule has 0 saturated carbocycles. The smallest absolute Gasteiger partial charge is 0.309 e. The lowest BCUT2D eigenvalue weighted by Gasteiger charge is -2.30. The van der Waals surface area contributed by atoms with E-state index in [-0.39, 0.29) is 29.1 Å². The van der Waals surface area contributed by atoms with Crippen molar-refractivity contribution < 1.29 is 14.3 Å². The number of likely N-dealkylation sites (tertiary alicyclic amines) is 1. The molecule has 0 unspecified atom stereocenters. The Bertz CT molecular complexity index is 1280. The number of halogens is 1. The molecule has 2 aromatic carbocycles. The molecule has 4 rings (SSSR count). The molecule has 1 aromatic heterocycles. The SMILES string of the molecule is CCOC(=O)C1CCN(C(=O)CSc2nc3ccccc3c(=O)n2-c2cccc(Cl)c2C)CC1. The van der Waals surface area contributed by atoms with E-state index in [0.29, 0.717) is 59.3 Å². The third-order valence-electron chi connectivity index (χ3n) is 6.02. The van der Waals surface area contributed by atoms with Crippen molar-refractivity contribution >= 4 is 46.1 Å². The predicted octanol–water partition coefficient (Wildman–Crippen LogP) is 4.24. The average molecular weight is 500 g/mol. The number of hydrogen-bond donors (Lipinski definition) is 0. The number of nitrogens with zero attached hydrogens (tertiary/aromatic N) is 3. The number of fused-ring (bicyclic) bond motifs is 1. The normalized spacial score (nSPS) is 14.4. The van der Waals surface area contributed by atoms with Crippen molar-refractivity contribution in [2.24, 2.45) is 5.92 Å². The topological polar surface area (TPSA) is 81.5 Å². The number of amides is 1. The van der Waals surface area contributed by atoms with E-state index in [1.807, 2.05) is 19.1 Å². The summed E-state index contributed by atoms with van der Waals surface area (Å²) in [5.74, 6) is -0.266. The highest BCUT2D eigenvalue weighted by Gasteiger charge is 2.28. The Kier molecular flexibility index (Phi) is 7.58. The predicted molar refractivity (Wildman–Crippen MR) is 134 cm³/mol. The van der Waals surface area contributed by atoms with E-state index < -0.39 is 0 Å². The van der Waals surface area contributed by atoms with Crippen LogP contribution in [0.15, 0.2) is 52.4 Å². The fourth-order valence-electron chi connectivity index (χ4n) is 4.10. The number of para-hydroxylation sites is 1. The highest BCUT2D eigenvalue weighted by Crippen LogP contribution is 2.27. The van der Waals surface area contributed by atoms with E-state index >= 15 is 0 Å². The van der Waals surface area contributed by atoms with Gasteiger partial charge in [0.15, 0.2) is 5.16 Å². The molecule has 178 valence electrons. The Morgan fingerprint density at radius 3 is 2.62 bits per heavy atom. The van der Waals surface area contributed by atoms with Gasteiger partial charge in [0.1, 0.15) is 0 Å². The zero-order valence-corrected chi connectivity index (χ0v) is 20.7.